The van der Waals surface area contributed by atoms with Crippen molar-refractivity contribution in [2.75, 3.05) is 5.73 Å². The van der Waals surface area contributed by atoms with Gasteiger partial charge in [0.25, 0.3) is 5.56 Å². The molecule has 1 heterocycles. The van der Waals surface area contributed by atoms with Gasteiger partial charge in [0.05, 0.1) is 0 Å². The average molecular weight is 311 g/mol. The van der Waals surface area contributed by atoms with Crippen LogP contribution in [0.2, 0.25) is 10.0 Å². The Labute approximate surface area is 127 Å². The lowest BCUT2D eigenvalue weighted by Crippen LogP contribution is -2.14. The number of hydrogen-bond donors (Lipinski definition) is 2. The highest BCUT2D eigenvalue weighted by atomic mass is 35.5. The third-order valence-electron chi connectivity index (χ3n) is 3.16. The van der Waals surface area contributed by atoms with E-state index in [0.29, 0.717) is 22.2 Å². The van der Waals surface area contributed by atoms with E-state index in [9.17, 15) is 4.79 Å². The zero-order chi connectivity index (χ0) is 14.9. The highest BCUT2D eigenvalue weighted by molar-refractivity contribution is 6.36. The van der Waals surface area contributed by atoms with Crippen molar-refractivity contribution in [3.05, 3.63) is 61.5 Å². The van der Waals surface area contributed by atoms with Gasteiger partial charge in [-0.1, -0.05) is 37.0 Å². The van der Waals surface area contributed by atoms with Gasteiger partial charge in [-0.05, 0) is 35.2 Å². The minimum absolute atomic E-state index is 0.0572. The van der Waals surface area contributed by atoms with E-state index in [1.165, 1.54) is 0 Å². The van der Waals surface area contributed by atoms with Gasteiger partial charge in [0.15, 0.2) is 0 Å². The van der Waals surface area contributed by atoms with Gasteiger partial charge in [-0.3, -0.25) is 4.79 Å². The van der Waals surface area contributed by atoms with E-state index in [-0.39, 0.29) is 11.5 Å². The van der Waals surface area contributed by atoms with Gasteiger partial charge in [-0.15, -0.1) is 0 Å². The van der Waals surface area contributed by atoms with Gasteiger partial charge in [0.2, 0.25) is 0 Å². The van der Waals surface area contributed by atoms with Crippen molar-refractivity contribution in [2.45, 2.75) is 26.2 Å². The number of halogens is 2. The molecule has 5 heteroatoms. The molecule has 0 spiro atoms. The summed E-state index contributed by atoms with van der Waals surface area (Å²) in [5.74, 6) is 0.163. The summed E-state index contributed by atoms with van der Waals surface area (Å²) in [6.07, 6.45) is 2.24. The molecule has 0 unspecified atom stereocenters. The lowest BCUT2D eigenvalue weighted by Gasteiger charge is -2.10. The van der Waals surface area contributed by atoms with Crippen LogP contribution >= 0.6 is 23.2 Å². The Morgan fingerprint density at radius 3 is 2.35 bits per heavy atom. The highest BCUT2D eigenvalue weighted by Gasteiger charge is 2.11. The normalized spacial score (nSPS) is 11.1. The zero-order valence-corrected chi connectivity index (χ0v) is 12.8. The van der Waals surface area contributed by atoms with Crippen molar-refractivity contribution < 1.29 is 0 Å². The first-order valence-electron chi connectivity index (χ1n) is 6.33. The average Bonchev–Trinajstić information content (AvgIpc) is 2.35. The maximum atomic E-state index is 11.7. The molecule has 0 amide bonds. The summed E-state index contributed by atoms with van der Waals surface area (Å²) in [7, 11) is 0. The Bertz CT molecular complexity index is 670. The van der Waals surface area contributed by atoms with Crippen molar-refractivity contribution in [1.29, 1.82) is 0 Å². The van der Waals surface area contributed by atoms with Crippen LogP contribution in [0.4, 0.5) is 5.69 Å². The molecule has 1 aromatic heterocycles. The van der Waals surface area contributed by atoms with Crippen LogP contribution in [0.3, 0.4) is 0 Å². The number of H-pyrrole nitrogens is 1. The number of aromatic nitrogens is 1. The number of benzene rings is 1. The molecule has 2 aromatic rings. The van der Waals surface area contributed by atoms with Crippen LogP contribution in [0.15, 0.2) is 29.2 Å². The van der Waals surface area contributed by atoms with Gasteiger partial charge >= 0.3 is 0 Å². The van der Waals surface area contributed by atoms with Crippen LogP contribution < -0.4 is 11.3 Å². The van der Waals surface area contributed by atoms with Crippen LogP contribution in [0, 0.1) is 0 Å². The molecule has 0 atom stereocenters. The van der Waals surface area contributed by atoms with Crippen molar-refractivity contribution in [3.8, 4) is 0 Å². The molecule has 0 saturated heterocycles. The second-order valence-electron chi connectivity index (χ2n) is 5.09. The molecule has 0 radical (unpaired) electrons. The number of aromatic amines is 1. The SMILES string of the molecule is CC(C)c1cc(Cc2c(Cl)cc(N)cc2Cl)c[nH]c1=O. The first-order valence-corrected chi connectivity index (χ1v) is 7.09. The van der Waals surface area contributed by atoms with E-state index in [1.54, 1.807) is 18.3 Å². The van der Waals surface area contributed by atoms with Crippen LogP contribution in [-0.2, 0) is 6.42 Å². The molecule has 0 aliphatic heterocycles. The Hall–Kier alpha value is -1.45. The van der Waals surface area contributed by atoms with Crippen LogP contribution in [0.5, 0.6) is 0 Å². The predicted molar refractivity (Wildman–Crippen MR) is 84.8 cm³/mol. The van der Waals surface area contributed by atoms with Gasteiger partial charge in [0.1, 0.15) is 0 Å². The number of rotatable bonds is 3. The second kappa shape index (κ2) is 5.90. The van der Waals surface area contributed by atoms with Crippen molar-refractivity contribution >= 4 is 28.9 Å². The number of hydrogen-bond acceptors (Lipinski definition) is 2. The quantitative estimate of drug-likeness (QED) is 0.842. The standard InChI is InChI=1S/C15H16Cl2N2O/c1-8(2)11-3-9(7-19-15(11)20)4-12-13(16)5-10(18)6-14(12)17/h3,5-8H,4,18H2,1-2H3,(H,19,20). The predicted octanol–water partition coefficient (Wildman–Crippen LogP) is 3.98. The van der Waals surface area contributed by atoms with E-state index >= 15 is 0 Å². The first kappa shape index (κ1) is 14.9. The molecule has 0 bridgehead atoms. The van der Waals surface area contributed by atoms with E-state index < -0.39 is 0 Å². The lowest BCUT2D eigenvalue weighted by molar-refractivity contribution is 0.838. The minimum atomic E-state index is -0.0572. The fourth-order valence-corrected chi connectivity index (χ4v) is 2.71. The first-order chi connectivity index (χ1) is 9.38. The number of pyridine rings is 1. The third-order valence-corrected chi connectivity index (χ3v) is 3.83. The number of nitrogens with two attached hydrogens (primary N) is 1. The zero-order valence-electron chi connectivity index (χ0n) is 11.3. The van der Waals surface area contributed by atoms with E-state index in [4.69, 9.17) is 28.9 Å². The Balaban J connectivity index is 2.41. The number of nitrogen functional groups attached to an aromatic ring is 1. The fraction of sp³-hybridized carbons (Fsp3) is 0.267. The number of nitrogens with one attached hydrogen (secondary N) is 1. The van der Waals surface area contributed by atoms with E-state index in [0.717, 1.165) is 16.7 Å². The van der Waals surface area contributed by atoms with Gasteiger partial charge < -0.3 is 10.7 Å². The minimum Gasteiger partial charge on any atom is -0.399 e. The summed E-state index contributed by atoms with van der Waals surface area (Å²) in [6, 6.07) is 5.25. The summed E-state index contributed by atoms with van der Waals surface area (Å²) >= 11 is 12.4. The topological polar surface area (TPSA) is 58.9 Å². The molecule has 3 N–H and O–H groups in total. The van der Waals surface area contributed by atoms with E-state index in [2.05, 4.69) is 4.98 Å². The molecular weight excluding hydrogens is 295 g/mol. The Morgan fingerprint density at radius 1 is 1.20 bits per heavy atom. The van der Waals surface area contributed by atoms with Gasteiger partial charge in [0, 0.05) is 33.9 Å². The molecule has 1 aromatic carbocycles. The molecular formula is C15H16Cl2N2O. The van der Waals surface area contributed by atoms with E-state index in [1.807, 2.05) is 19.9 Å². The monoisotopic (exact) mass is 310 g/mol. The molecule has 106 valence electrons. The largest absolute Gasteiger partial charge is 0.399 e. The van der Waals surface area contributed by atoms with Gasteiger partial charge in [-0.25, -0.2) is 0 Å². The third kappa shape index (κ3) is 3.17. The molecule has 0 fully saturated rings. The smallest absolute Gasteiger partial charge is 0.251 e. The summed E-state index contributed by atoms with van der Waals surface area (Å²) < 4.78 is 0. The Morgan fingerprint density at radius 2 is 1.80 bits per heavy atom. The molecule has 20 heavy (non-hydrogen) atoms. The molecule has 3 nitrogen and oxygen atoms in total. The van der Waals surface area contributed by atoms with Crippen LogP contribution in [0.25, 0.3) is 0 Å². The summed E-state index contributed by atoms with van der Waals surface area (Å²) in [5.41, 5.74) is 8.69. The maximum absolute atomic E-state index is 11.7. The molecule has 0 aliphatic rings. The summed E-state index contributed by atoms with van der Waals surface area (Å²) in [6.45, 7) is 3.97. The molecule has 2 rings (SSSR count). The highest BCUT2D eigenvalue weighted by Crippen LogP contribution is 2.30. The summed E-state index contributed by atoms with van der Waals surface area (Å²) in [5, 5.41) is 1.07. The Kier molecular flexibility index (Phi) is 4.41. The van der Waals surface area contributed by atoms with Gasteiger partial charge in [-0.2, -0.15) is 0 Å². The summed E-state index contributed by atoms with van der Waals surface area (Å²) in [4.78, 5) is 14.5. The van der Waals surface area contributed by atoms with Crippen molar-refractivity contribution in [1.82, 2.24) is 4.98 Å². The fourth-order valence-electron chi connectivity index (χ4n) is 2.08. The van der Waals surface area contributed by atoms with Crippen molar-refractivity contribution in [2.24, 2.45) is 0 Å². The van der Waals surface area contributed by atoms with Crippen LogP contribution in [0.1, 0.15) is 36.5 Å². The lowest BCUT2D eigenvalue weighted by atomic mass is 10.00. The maximum Gasteiger partial charge on any atom is 0.251 e. The number of anilines is 1. The second-order valence-corrected chi connectivity index (χ2v) is 5.90. The van der Waals surface area contributed by atoms with Crippen molar-refractivity contribution in [3.63, 3.8) is 0 Å². The molecule has 0 saturated carbocycles. The van der Waals surface area contributed by atoms with Crippen LogP contribution in [-0.4, -0.2) is 4.98 Å². The molecule has 0 aliphatic carbocycles.